The molecule has 1 N–H and O–H groups in total. The van der Waals surface area contributed by atoms with Crippen molar-refractivity contribution in [2.24, 2.45) is 0 Å². The number of nitrogens with zero attached hydrogens (tertiary/aromatic N) is 1. The summed E-state index contributed by atoms with van der Waals surface area (Å²) in [6.45, 7) is 5.17. The molecule has 0 amide bonds. The van der Waals surface area contributed by atoms with E-state index in [0.717, 1.165) is 5.70 Å². The summed E-state index contributed by atoms with van der Waals surface area (Å²) in [5.41, 5.74) is 1.15. The molecule has 0 aromatic carbocycles. The molecule has 1 saturated heterocycles. The first-order valence-corrected chi connectivity index (χ1v) is 3.82. The van der Waals surface area contributed by atoms with Crippen LogP contribution in [0.2, 0.25) is 0 Å². The molecular formula is C8H16N2. The average Bonchev–Trinajstić information content (AvgIpc) is 2.34. The molecule has 0 radical (unpaired) electrons. The topological polar surface area (TPSA) is 15.3 Å². The number of likely N-dealkylation sites (N-methyl/N-ethyl adjacent to an activating group) is 2. The zero-order chi connectivity index (χ0) is 7.56. The summed E-state index contributed by atoms with van der Waals surface area (Å²) in [6, 6.07) is 0.574. The van der Waals surface area contributed by atoms with E-state index in [1.165, 1.54) is 19.4 Å². The van der Waals surface area contributed by atoms with Crippen molar-refractivity contribution in [2.75, 3.05) is 20.6 Å². The minimum Gasteiger partial charge on any atom is -0.391 e. The smallest absolute Gasteiger partial charge is 0.0486 e. The lowest BCUT2D eigenvalue weighted by atomic mass is 10.2. The molecule has 10 heavy (non-hydrogen) atoms. The fourth-order valence-electron chi connectivity index (χ4n) is 1.52. The highest BCUT2D eigenvalue weighted by Gasteiger charge is 2.22. The van der Waals surface area contributed by atoms with Gasteiger partial charge in [-0.25, -0.2) is 0 Å². The third kappa shape index (κ3) is 1.32. The van der Waals surface area contributed by atoms with Crippen molar-refractivity contribution in [1.82, 2.24) is 10.2 Å². The Labute approximate surface area is 62.9 Å². The summed E-state index contributed by atoms with van der Waals surface area (Å²) < 4.78 is 0. The second kappa shape index (κ2) is 3.06. The fraction of sp³-hybridized carbons (Fsp3) is 0.750. The van der Waals surface area contributed by atoms with E-state index >= 15 is 0 Å². The predicted octanol–water partition coefficient (Wildman–Crippen LogP) is 0.814. The quantitative estimate of drug-likeness (QED) is 0.610. The Morgan fingerprint density at radius 3 is 2.80 bits per heavy atom. The Morgan fingerprint density at radius 2 is 2.40 bits per heavy atom. The van der Waals surface area contributed by atoms with E-state index in [1.807, 2.05) is 7.05 Å². The maximum Gasteiger partial charge on any atom is 0.0486 e. The average molecular weight is 140 g/mol. The Hall–Kier alpha value is -0.500. The Kier molecular flexibility index (Phi) is 2.33. The first-order chi connectivity index (χ1) is 4.75. The summed E-state index contributed by atoms with van der Waals surface area (Å²) in [5.74, 6) is 0. The Morgan fingerprint density at radius 1 is 1.70 bits per heavy atom. The van der Waals surface area contributed by atoms with Crippen LogP contribution in [0.1, 0.15) is 12.8 Å². The van der Waals surface area contributed by atoms with Crippen LogP contribution in [0, 0.1) is 0 Å². The van der Waals surface area contributed by atoms with E-state index in [1.54, 1.807) is 0 Å². The normalized spacial score (nSPS) is 26.8. The molecule has 1 atom stereocenters. The minimum atomic E-state index is 0.574. The number of hydrogen-bond acceptors (Lipinski definition) is 2. The maximum atomic E-state index is 3.95. The van der Waals surface area contributed by atoms with E-state index in [0.29, 0.717) is 6.04 Å². The van der Waals surface area contributed by atoms with Crippen LogP contribution >= 0.6 is 0 Å². The molecule has 1 aliphatic heterocycles. The van der Waals surface area contributed by atoms with Crippen molar-refractivity contribution < 1.29 is 0 Å². The maximum absolute atomic E-state index is 3.95. The summed E-state index contributed by atoms with van der Waals surface area (Å²) in [6.07, 6.45) is 2.57. The van der Waals surface area contributed by atoms with Crippen LogP contribution in [-0.4, -0.2) is 31.6 Å². The molecule has 1 unspecified atom stereocenters. The first-order valence-electron chi connectivity index (χ1n) is 3.82. The first kappa shape index (κ1) is 7.61. The highest BCUT2D eigenvalue weighted by atomic mass is 15.2. The van der Waals surface area contributed by atoms with E-state index in [2.05, 4.69) is 23.8 Å². The van der Waals surface area contributed by atoms with Crippen LogP contribution in [0.4, 0.5) is 0 Å². The van der Waals surface area contributed by atoms with Gasteiger partial charge in [0.1, 0.15) is 0 Å². The highest BCUT2D eigenvalue weighted by Crippen LogP contribution is 2.18. The van der Waals surface area contributed by atoms with Crippen LogP contribution in [0.5, 0.6) is 0 Å². The summed E-state index contributed by atoms with van der Waals surface area (Å²) in [4.78, 5) is 2.35. The molecule has 0 aromatic heterocycles. The van der Waals surface area contributed by atoms with E-state index in [-0.39, 0.29) is 0 Å². The number of likely N-dealkylation sites (tertiary alicyclic amines) is 1. The molecule has 2 heteroatoms. The van der Waals surface area contributed by atoms with Gasteiger partial charge in [-0.2, -0.15) is 0 Å². The molecule has 0 aromatic rings. The molecule has 1 aliphatic rings. The SMILES string of the molecule is C=C(NC)C1CCCN1C. The number of hydrogen-bond donors (Lipinski definition) is 1. The van der Waals surface area contributed by atoms with Crippen LogP contribution in [0.25, 0.3) is 0 Å². The second-order valence-electron chi connectivity index (χ2n) is 2.91. The predicted molar refractivity (Wildman–Crippen MR) is 43.9 cm³/mol. The van der Waals surface area contributed by atoms with Crippen molar-refractivity contribution >= 4 is 0 Å². The minimum absolute atomic E-state index is 0.574. The molecule has 0 saturated carbocycles. The standard InChI is InChI=1S/C8H16N2/c1-7(9-2)8-5-4-6-10(8)3/h8-9H,1,4-6H2,2-3H3. The van der Waals surface area contributed by atoms with Crippen LogP contribution < -0.4 is 5.32 Å². The van der Waals surface area contributed by atoms with Gasteiger partial charge in [0.15, 0.2) is 0 Å². The lowest BCUT2D eigenvalue weighted by molar-refractivity contribution is 0.337. The third-order valence-electron chi connectivity index (χ3n) is 2.24. The molecule has 1 fully saturated rings. The zero-order valence-electron chi connectivity index (χ0n) is 6.85. The summed E-state index contributed by atoms with van der Waals surface area (Å²) in [7, 11) is 4.09. The van der Waals surface area contributed by atoms with Gasteiger partial charge in [0, 0.05) is 18.8 Å². The number of rotatable bonds is 2. The molecule has 0 bridgehead atoms. The van der Waals surface area contributed by atoms with E-state index in [4.69, 9.17) is 0 Å². The Bertz CT molecular complexity index is 131. The highest BCUT2D eigenvalue weighted by molar-refractivity contribution is 5.04. The molecule has 1 rings (SSSR count). The lowest BCUT2D eigenvalue weighted by Gasteiger charge is -2.21. The van der Waals surface area contributed by atoms with Crippen molar-refractivity contribution in [1.29, 1.82) is 0 Å². The monoisotopic (exact) mass is 140 g/mol. The largest absolute Gasteiger partial charge is 0.391 e. The van der Waals surface area contributed by atoms with Gasteiger partial charge in [-0.1, -0.05) is 6.58 Å². The van der Waals surface area contributed by atoms with Gasteiger partial charge in [0.05, 0.1) is 0 Å². The van der Waals surface area contributed by atoms with Gasteiger partial charge in [-0.05, 0) is 26.4 Å². The van der Waals surface area contributed by atoms with Gasteiger partial charge in [-0.3, -0.25) is 4.90 Å². The van der Waals surface area contributed by atoms with Crippen molar-refractivity contribution in [3.63, 3.8) is 0 Å². The molecule has 0 aliphatic carbocycles. The van der Waals surface area contributed by atoms with Gasteiger partial charge in [0.25, 0.3) is 0 Å². The molecule has 2 nitrogen and oxygen atoms in total. The summed E-state index contributed by atoms with van der Waals surface area (Å²) >= 11 is 0. The Balaban J connectivity index is 2.46. The zero-order valence-corrected chi connectivity index (χ0v) is 6.85. The number of nitrogens with one attached hydrogen (secondary N) is 1. The van der Waals surface area contributed by atoms with Gasteiger partial charge < -0.3 is 5.32 Å². The lowest BCUT2D eigenvalue weighted by Crippen LogP contribution is -2.31. The fourth-order valence-corrected chi connectivity index (χ4v) is 1.52. The van der Waals surface area contributed by atoms with Crippen LogP contribution in [-0.2, 0) is 0 Å². The molecular weight excluding hydrogens is 124 g/mol. The van der Waals surface area contributed by atoms with E-state index in [9.17, 15) is 0 Å². The third-order valence-corrected chi connectivity index (χ3v) is 2.24. The van der Waals surface area contributed by atoms with Gasteiger partial charge >= 0.3 is 0 Å². The van der Waals surface area contributed by atoms with Crippen molar-refractivity contribution in [3.05, 3.63) is 12.3 Å². The molecule has 1 heterocycles. The van der Waals surface area contributed by atoms with Crippen molar-refractivity contribution in [2.45, 2.75) is 18.9 Å². The van der Waals surface area contributed by atoms with Crippen molar-refractivity contribution in [3.8, 4) is 0 Å². The van der Waals surface area contributed by atoms with Crippen LogP contribution in [0.3, 0.4) is 0 Å². The van der Waals surface area contributed by atoms with Gasteiger partial charge in [0.2, 0.25) is 0 Å². The van der Waals surface area contributed by atoms with E-state index < -0.39 is 0 Å². The van der Waals surface area contributed by atoms with Gasteiger partial charge in [-0.15, -0.1) is 0 Å². The second-order valence-corrected chi connectivity index (χ2v) is 2.91. The molecule has 0 spiro atoms. The van der Waals surface area contributed by atoms with Crippen LogP contribution in [0.15, 0.2) is 12.3 Å². The summed E-state index contributed by atoms with van der Waals surface area (Å²) in [5, 5.41) is 3.10. The molecule has 58 valence electrons.